The van der Waals surface area contributed by atoms with E-state index in [9.17, 15) is 0 Å². The summed E-state index contributed by atoms with van der Waals surface area (Å²) in [5.74, 6) is 0. The lowest BCUT2D eigenvalue weighted by molar-refractivity contribution is 0.217. The molecule has 0 radical (unpaired) electrons. The van der Waals surface area contributed by atoms with Crippen LogP contribution in [0.5, 0.6) is 0 Å². The van der Waals surface area contributed by atoms with Gasteiger partial charge in [-0.25, -0.2) is 0 Å². The van der Waals surface area contributed by atoms with Crippen molar-refractivity contribution >= 4 is 15.9 Å². The Hall–Kier alpha value is -0.380. The summed E-state index contributed by atoms with van der Waals surface area (Å²) in [6.07, 6.45) is 2.30. The number of hydrogen-bond acceptors (Lipinski definition) is 2. The van der Waals surface area contributed by atoms with E-state index < -0.39 is 0 Å². The summed E-state index contributed by atoms with van der Waals surface area (Å²) < 4.78 is 1.21. The fourth-order valence-corrected chi connectivity index (χ4v) is 3.24. The van der Waals surface area contributed by atoms with Crippen LogP contribution in [0.15, 0.2) is 28.7 Å². The number of nitrogens with one attached hydrogen (secondary N) is 1. The molecule has 0 aliphatic heterocycles. The van der Waals surface area contributed by atoms with Crippen LogP contribution in [0.1, 0.15) is 52.1 Å². The van der Waals surface area contributed by atoms with Gasteiger partial charge in [0.2, 0.25) is 0 Å². The van der Waals surface area contributed by atoms with Crippen molar-refractivity contribution in [3.63, 3.8) is 0 Å². The summed E-state index contributed by atoms with van der Waals surface area (Å²) in [5, 5.41) is 3.69. The van der Waals surface area contributed by atoms with Crippen molar-refractivity contribution in [2.24, 2.45) is 5.41 Å². The van der Waals surface area contributed by atoms with Crippen molar-refractivity contribution in [2.45, 2.75) is 46.6 Å². The molecule has 1 atom stereocenters. The molecule has 0 aliphatic rings. The molecule has 0 spiro atoms. The number of rotatable bonds is 8. The third-order valence-corrected chi connectivity index (χ3v) is 4.19. The lowest BCUT2D eigenvalue weighted by atomic mass is 9.96. The Kier molecular flexibility index (Phi) is 7.93. The summed E-state index contributed by atoms with van der Waals surface area (Å²) in [6.45, 7) is 12.4. The lowest BCUT2D eigenvalue weighted by Crippen LogP contribution is -2.33. The fourth-order valence-electron chi connectivity index (χ4n) is 2.68. The minimum Gasteiger partial charge on any atom is -0.310 e. The first-order chi connectivity index (χ1) is 9.83. The molecule has 0 aromatic heterocycles. The van der Waals surface area contributed by atoms with Gasteiger partial charge in [-0.1, -0.05) is 61.8 Å². The monoisotopic (exact) mass is 354 g/mol. The Morgan fingerprint density at radius 1 is 1.24 bits per heavy atom. The van der Waals surface area contributed by atoms with Gasteiger partial charge in [0, 0.05) is 17.1 Å². The van der Waals surface area contributed by atoms with Crippen LogP contribution in [0.3, 0.4) is 0 Å². The molecule has 0 heterocycles. The highest BCUT2D eigenvalue weighted by Crippen LogP contribution is 2.26. The van der Waals surface area contributed by atoms with E-state index in [-0.39, 0.29) is 0 Å². The van der Waals surface area contributed by atoms with Gasteiger partial charge in [0.25, 0.3) is 0 Å². The van der Waals surface area contributed by atoms with Gasteiger partial charge in [0.05, 0.1) is 0 Å². The van der Waals surface area contributed by atoms with Crippen molar-refractivity contribution in [3.05, 3.63) is 34.3 Å². The molecule has 120 valence electrons. The molecule has 0 saturated heterocycles. The summed E-state index contributed by atoms with van der Waals surface area (Å²) in [4.78, 5) is 2.44. The average Bonchev–Trinajstić information content (AvgIpc) is 2.38. The van der Waals surface area contributed by atoms with E-state index in [2.05, 4.69) is 85.2 Å². The summed E-state index contributed by atoms with van der Waals surface area (Å²) in [6, 6.07) is 8.98. The smallest absolute Gasteiger partial charge is 0.0343 e. The Balaban J connectivity index is 2.65. The van der Waals surface area contributed by atoms with Gasteiger partial charge in [-0.05, 0) is 50.0 Å². The van der Waals surface area contributed by atoms with Crippen molar-refractivity contribution in [2.75, 3.05) is 26.7 Å². The number of halogens is 1. The fraction of sp³-hybridized carbons (Fsp3) is 0.667. The van der Waals surface area contributed by atoms with Crippen LogP contribution in [0, 0.1) is 5.41 Å². The van der Waals surface area contributed by atoms with Gasteiger partial charge in [-0.3, -0.25) is 0 Å². The van der Waals surface area contributed by atoms with Crippen molar-refractivity contribution in [1.29, 1.82) is 0 Å². The molecule has 0 bridgehead atoms. The molecule has 3 heteroatoms. The lowest BCUT2D eigenvalue weighted by Gasteiger charge is -2.28. The first kappa shape index (κ1) is 18.7. The zero-order chi connectivity index (χ0) is 15.9. The van der Waals surface area contributed by atoms with E-state index in [0.29, 0.717) is 11.5 Å². The van der Waals surface area contributed by atoms with E-state index in [1.54, 1.807) is 0 Å². The predicted molar refractivity (Wildman–Crippen MR) is 96.7 cm³/mol. The molecular formula is C18H31BrN2. The summed E-state index contributed by atoms with van der Waals surface area (Å²) in [7, 11) is 2.22. The summed E-state index contributed by atoms with van der Waals surface area (Å²) >= 11 is 3.69. The minimum atomic E-state index is 0.356. The van der Waals surface area contributed by atoms with Crippen LogP contribution < -0.4 is 5.32 Å². The van der Waals surface area contributed by atoms with Gasteiger partial charge in [0.15, 0.2) is 0 Å². The molecular weight excluding hydrogens is 324 g/mol. The number of hydrogen-bond donors (Lipinski definition) is 1. The van der Waals surface area contributed by atoms with E-state index in [4.69, 9.17) is 0 Å². The normalized spacial score (nSPS) is 13.7. The molecule has 1 unspecified atom stereocenters. The van der Waals surface area contributed by atoms with Gasteiger partial charge < -0.3 is 10.2 Å². The van der Waals surface area contributed by atoms with Crippen molar-refractivity contribution < 1.29 is 0 Å². The number of benzene rings is 1. The molecule has 1 aromatic carbocycles. The van der Waals surface area contributed by atoms with Crippen molar-refractivity contribution in [3.8, 4) is 0 Å². The zero-order valence-electron chi connectivity index (χ0n) is 14.2. The van der Waals surface area contributed by atoms with E-state index in [0.717, 1.165) is 26.1 Å². The van der Waals surface area contributed by atoms with Gasteiger partial charge in [-0.15, -0.1) is 0 Å². The SMILES string of the molecule is CCCNC(CCN(C)CC(C)(C)C)c1ccccc1Br. The second-order valence-electron chi connectivity index (χ2n) is 7.12. The van der Waals surface area contributed by atoms with Crippen LogP contribution in [0.2, 0.25) is 0 Å². The Morgan fingerprint density at radius 3 is 2.48 bits per heavy atom. The highest BCUT2D eigenvalue weighted by molar-refractivity contribution is 9.10. The second-order valence-corrected chi connectivity index (χ2v) is 7.97. The maximum atomic E-state index is 3.69. The third-order valence-electron chi connectivity index (χ3n) is 3.47. The minimum absolute atomic E-state index is 0.356. The molecule has 0 aliphatic carbocycles. The van der Waals surface area contributed by atoms with E-state index >= 15 is 0 Å². The van der Waals surface area contributed by atoms with Crippen LogP contribution in [-0.2, 0) is 0 Å². The van der Waals surface area contributed by atoms with Crippen LogP contribution in [0.4, 0.5) is 0 Å². The molecule has 1 aromatic rings. The molecule has 1 N–H and O–H groups in total. The molecule has 0 saturated carbocycles. The van der Waals surface area contributed by atoms with Gasteiger partial charge in [0.1, 0.15) is 0 Å². The van der Waals surface area contributed by atoms with Gasteiger partial charge in [-0.2, -0.15) is 0 Å². The van der Waals surface area contributed by atoms with Crippen LogP contribution in [0.25, 0.3) is 0 Å². The van der Waals surface area contributed by atoms with Crippen LogP contribution >= 0.6 is 15.9 Å². The third kappa shape index (κ3) is 7.44. The van der Waals surface area contributed by atoms with E-state index in [1.165, 1.54) is 16.5 Å². The molecule has 2 nitrogen and oxygen atoms in total. The molecule has 0 amide bonds. The molecule has 1 rings (SSSR count). The maximum absolute atomic E-state index is 3.69. The highest BCUT2D eigenvalue weighted by atomic mass is 79.9. The second kappa shape index (κ2) is 8.92. The maximum Gasteiger partial charge on any atom is 0.0343 e. The Bertz CT molecular complexity index is 412. The first-order valence-electron chi connectivity index (χ1n) is 8.00. The molecule has 0 fully saturated rings. The quantitative estimate of drug-likeness (QED) is 0.717. The predicted octanol–water partition coefficient (Wildman–Crippen LogP) is 4.86. The van der Waals surface area contributed by atoms with Crippen molar-refractivity contribution in [1.82, 2.24) is 10.2 Å². The van der Waals surface area contributed by atoms with E-state index in [1.807, 2.05) is 0 Å². The van der Waals surface area contributed by atoms with Gasteiger partial charge >= 0.3 is 0 Å². The topological polar surface area (TPSA) is 15.3 Å². The summed E-state index contributed by atoms with van der Waals surface area (Å²) in [5.41, 5.74) is 1.73. The standard InChI is InChI=1S/C18H31BrN2/c1-6-12-20-17(15-9-7-8-10-16(15)19)11-13-21(5)14-18(2,3)4/h7-10,17,20H,6,11-14H2,1-5H3. The van der Waals surface area contributed by atoms with Crippen LogP contribution in [-0.4, -0.2) is 31.6 Å². The largest absolute Gasteiger partial charge is 0.310 e. The Labute approximate surface area is 139 Å². The average molecular weight is 355 g/mol. The number of nitrogens with zero attached hydrogens (tertiary/aromatic N) is 1. The Morgan fingerprint density at radius 2 is 1.90 bits per heavy atom. The zero-order valence-corrected chi connectivity index (χ0v) is 15.8. The highest BCUT2D eigenvalue weighted by Gasteiger charge is 2.17. The molecule has 21 heavy (non-hydrogen) atoms. The first-order valence-corrected chi connectivity index (χ1v) is 8.79.